The molecule has 11 heteroatoms. The van der Waals surface area contributed by atoms with Gasteiger partial charge in [-0.2, -0.15) is 0 Å². The number of aliphatic hydroxyl groups is 1. The molecule has 212 valence electrons. The van der Waals surface area contributed by atoms with E-state index in [1.165, 1.54) is 52.2 Å². The first-order valence-corrected chi connectivity index (χ1v) is 12.6. The summed E-state index contributed by atoms with van der Waals surface area (Å²) in [5.74, 6) is 1.21. The molecule has 11 nitrogen and oxygen atoms in total. The molecule has 3 aromatic carbocycles. The minimum atomic E-state index is -1.20. The average molecular weight is 562 g/mol. The summed E-state index contributed by atoms with van der Waals surface area (Å²) >= 11 is 0. The van der Waals surface area contributed by atoms with Crippen molar-refractivity contribution in [1.29, 1.82) is 0 Å². The van der Waals surface area contributed by atoms with Crippen LogP contribution in [0.3, 0.4) is 0 Å². The molecule has 3 heterocycles. The fraction of sp³-hybridized carbons (Fsp3) is 0.233. The van der Waals surface area contributed by atoms with Gasteiger partial charge >= 0.3 is 5.63 Å². The van der Waals surface area contributed by atoms with Crippen LogP contribution in [0.2, 0.25) is 0 Å². The van der Waals surface area contributed by atoms with Gasteiger partial charge < -0.3 is 48.0 Å². The minimum Gasteiger partial charge on any atom is -0.504 e. The van der Waals surface area contributed by atoms with Crippen LogP contribution in [0.25, 0.3) is 44.3 Å². The standard InChI is InChI=1S/C30H27NO10/c1-36-19-7-6-13(8-17(19)32)24-25-16-10-21(37-2)18(33)12-20(16)41-30(35)27(25)31-23(34)11-15-14(26(24)31)9-22(38-3)29(40-5)28(15)39-4/h6-10,12,23,32-34H,11H2,1-5H3/t23-/m1/s1. The number of phenols is 2. The molecule has 6 rings (SSSR count). The average Bonchev–Trinajstić information content (AvgIpc) is 3.34. The van der Waals surface area contributed by atoms with Crippen LogP contribution in [0.5, 0.6) is 40.2 Å². The number of phenolic OH excluding ortho intramolecular Hbond substituents is 2. The number of nitrogens with zero attached hydrogens (tertiary/aromatic N) is 1. The summed E-state index contributed by atoms with van der Waals surface area (Å²) in [5.41, 5.74) is 2.23. The Bertz CT molecular complexity index is 1920. The lowest BCUT2D eigenvalue weighted by molar-refractivity contribution is 0.106. The van der Waals surface area contributed by atoms with E-state index >= 15 is 0 Å². The molecule has 0 aliphatic carbocycles. The van der Waals surface area contributed by atoms with Gasteiger partial charge in [0.1, 0.15) is 17.3 Å². The highest BCUT2D eigenvalue weighted by Gasteiger charge is 2.36. The third-order valence-electron chi connectivity index (χ3n) is 7.49. The van der Waals surface area contributed by atoms with Crippen molar-refractivity contribution in [3.8, 4) is 62.6 Å². The largest absolute Gasteiger partial charge is 0.504 e. The van der Waals surface area contributed by atoms with E-state index in [2.05, 4.69) is 0 Å². The van der Waals surface area contributed by atoms with E-state index in [4.69, 9.17) is 28.1 Å². The molecular formula is C30H27NO10. The topological polar surface area (TPSA) is 142 Å². The number of hydrogen-bond acceptors (Lipinski definition) is 10. The summed E-state index contributed by atoms with van der Waals surface area (Å²) < 4.78 is 34.8. The molecule has 0 amide bonds. The Hall–Kier alpha value is -5.03. The van der Waals surface area contributed by atoms with Crippen LogP contribution in [0.4, 0.5) is 0 Å². The molecule has 0 bridgehead atoms. The zero-order valence-electron chi connectivity index (χ0n) is 22.9. The van der Waals surface area contributed by atoms with Crippen molar-refractivity contribution >= 4 is 21.9 Å². The first-order valence-electron chi connectivity index (χ1n) is 12.6. The van der Waals surface area contributed by atoms with E-state index in [9.17, 15) is 20.1 Å². The maximum absolute atomic E-state index is 13.6. The highest BCUT2D eigenvalue weighted by atomic mass is 16.5. The monoisotopic (exact) mass is 561 g/mol. The molecule has 0 radical (unpaired) electrons. The number of hydrogen-bond donors (Lipinski definition) is 3. The number of aromatic nitrogens is 1. The second kappa shape index (κ2) is 9.56. The highest BCUT2D eigenvalue weighted by molar-refractivity contribution is 6.17. The molecule has 0 unspecified atom stereocenters. The lowest BCUT2D eigenvalue weighted by Gasteiger charge is -2.29. The third kappa shape index (κ3) is 3.66. The third-order valence-corrected chi connectivity index (χ3v) is 7.49. The molecule has 41 heavy (non-hydrogen) atoms. The molecular weight excluding hydrogens is 534 g/mol. The molecule has 0 fully saturated rings. The molecule has 2 aromatic heterocycles. The van der Waals surface area contributed by atoms with E-state index in [0.29, 0.717) is 56.0 Å². The van der Waals surface area contributed by atoms with Gasteiger partial charge in [-0.05, 0) is 29.8 Å². The second-order valence-corrected chi connectivity index (χ2v) is 9.47. The van der Waals surface area contributed by atoms with Gasteiger partial charge in [-0.15, -0.1) is 0 Å². The molecule has 1 aliphatic heterocycles. The van der Waals surface area contributed by atoms with Crippen molar-refractivity contribution in [2.75, 3.05) is 35.5 Å². The van der Waals surface area contributed by atoms with Gasteiger partial charge in [0.25, 0.3) is 0 Å². The van der Waals surface area contributed by atoms with Crippen LogP contribution < -0.4 is 29.3 Å². The van der Waals surface area contributed by atoms with Crippen molar-refractivity contribution < 1.29 is 43.4 Å². The Morgan fingerprint density at radius 3 is 2.15 bits per heavy atom. The predicted molar refractivity (Wildman–Crippen MR) is 150 cm³/mol. The number of benzene rings is 3. The van der Waals surface area contributed by atoms with Crippen molar-refractivity contribution in [2.45, 2.75) is 12.6 Å². The maximum Gasteiger partial charge on any atom is 0.361 e. The number of methoxy groups -OCH3 is 5. The maximum atomic E-state index is 13.6. The molecule has 1 aliphatic rings. The molecule has 0 spiro atoms. The summed E-state index contributed by atoms with van der Waals surface area (Å²) in [6.45, 7) is 0. The van der Waals surface area contributed by atoms with E-state index in [-0.39, 0.29) is 40.5 Å². The fourth-order valence-electron chi connectivity index (χ4n) is 5.79. The van der Waals surface area contributed by atoms with Gasteiger partial charge in [0.05, 0.1) is 41.2 Å². The first kappa shape index (κ1) is 26.2. The molecule has 5 aromatic rings. The lowest BCUT2D eigenvalue weighted by atomic mass is 9.90. The van der Waals surface area contributed by atoms with Crippen LogP contribution in [0, 0.1) is 0 Å². The number of rotatable bonds is 6. The van der Waals surface area contributed by atoms with Gasteiger partial charge in [0.15, 0.2) is 34.5 Å². The van der Waals surface area contributed by atoms with E-state index in [1.54, 1.807) is 24.3 Å². The summed E-state index contributed by atoms with van der Waals surface area (Å²) in [6.07, 6.45) is -1.12. The lowest BCUT2D eigenvalue weighted by Crippen LogP contribution is -2.21. The summed E-state index contributed by atoms with van der Waals surface area (Å²) in [4.78, 5) is 13.6. The quantitative estimate of drug-likeness (QED) is 0.252. The van der Waals surface area contributed by atoms with Gasteiger partial charge in [-0.25, -0.2) is 4.79 Å². The first-order chi connectivity index (χ1) is 19.8. The Balaban J connectivity index is 1.88. The van der Waals surface area contributed by atoms with Gasteiger partial charge in [-0.3, -0.25) is 0 Å². The van der Waals surface area contributed by atoms with Crippen LogP contribution >= 0.6 is 0 Å². The normalized spacial score (nSPS) is 14.0. The minimum absolute atomic E-state index is 0.0827. The number of aromatic hydroxyl groups is 2. The molecule has 0 saturated carbocycles. The SMILES string of the molecule is COc1ccc(-c2c3n(c4c(=O)oc5cc(O)c(OC)cc5c24)[C@H](O)Cc2c-3cc(OC)c(OC)c2OC)cc1O. The Labute approximate surface area is 233 Å². The Morgan fingerprint density at radius 2 is 1.51 bits per heavy atom. The highest BCUT2D eigenvalue weighted by Crippen LogP contribution is 2.54. The zero-order chi connectivity index (χ0) is 29.2. The fourth-order valence-corrected chi connectivity index (χ4v) is 5.79. The summed E-state index contributed by atoms with van der Waals surface area (Å²) in [7, 11) is 7.35. The van der Waals surface area contributed by atoms with Crippen molar-refractivity contribution in [2.24, 2.45) is 0 Å². The van der Waals surface area contributed by atoms with Crippen molar-refractivity contribution in [3.05, 3.63) is 52.4 Å². The molecule has 1 atom stereocenters. The zero-order valence-corrected chi connectivity index (χ0v) is 22.9. The molecule has 3 N–H and O–H groups in total. The Morgan fingerprint density at radius 1 is 0.829 bits per heavy atom. The van der Waals surface area contributed by atoms with Gasteiger partial charge in [0.2, 0.25) is 5.75 Å². The van der Waals surface area contributed by atoms with Crippen LogP contribution in [0.15, 0.2) is 45.6 Å². The van der Waals surface area contributed by atoms with E-state index in [1.807, 2.05) is 0 Å². The summed E-state index contributed by atoms with van der Waals surface area (Å²) in [5, 5.41) is 33.6. The van der Waals surface area contributed by atoms with Crippen LogP contribution in [-0.2, 0) is 6.42 Å². The predicted octanol–water partition coefficient (Wildman–Crippen LogP) is 4.58. The number of ether oxygens (including phenoxy) is 5. The Kier molecular flexibility index (Phi) is 6.11. The van der Waals surface area contributed by atoms with E-state index < -0.39 is 11.9 Å². The summed E-state index contributed by atoms with van der Waals surface area (Å²) in [6, 6.07) is 9.50. The van der Waals surface area contributed by atoms with Crippen molar-refractivity contribution in [3.63, 3.8) is 0 Å². The number of aliphatic hydroxyl groups excluding tert-OH is 1. The van der Waals surface area contributed by atoms with Crippen LogP contribution in [0.1, 0.15) is 11.8 Å². The van der Waals surface area contributed by atoms with Gasteiger partial charge in [-0.1, -0.05) is 6.07 Å². The van der Waals surface area contributed by atoms with Gasteiger partial charge in [0, 0.05) is 39.9 Å². The number of fused-ring (bicyclic) bond motifs is 7. The molecule has 0 saturated heterocycles. The van der Waals surface area contributed by atoms with Crippen molar-refractivity contribution in [1.82, 2.24) is 4.57 Å². The second-order valence-electron chi connectivity index (χ2n) is 9.47. The van der Waals surface area contributed by atoms with E-state index in [0.717, 1.165) is 0 Å². The van der Waals surface area contributed by atoms with Crippen LogP contribution in [-0.4, -0.2) is 55.4 Å². The smallest absolute Gasteiger partial charge is 0.361 e.